The monoisotopic (exact) mass is 306 g/mol. The Morgan fingerprint density at radius 1 is 1.13 bits per heavy atom. The second-order valence-electron chi connectivity index (χ2n) is 5.95. The molecule has 0 aliphatic heterocycles. The lowest BCUT2D eigenvalue weighted by Crippen LogP contribution is -2.13. The highest BCUT2D eigenvalue weighted by Gasteiger charge is 2.17. The number of hydrogen-bond donors (Lipinski definition) is 0. The largest absolute Gasteiger partial charge is 0.496 e. The van der Waals surface area contributed by atoms with Gasteiger partial charge >= 0.3 is 0 Å². The Kier molecular flexibility index (Phi) is 5.17. The van der Waals surface area contributed by atoms with Crippen LogP contribution < -0.4 is 4.74 Å². The summed E-state index contributed by atoms with van der Waals surface area (Å²) in [5.74, 6) is 0.715. The highest BCUT2D eigenvalue weighted by molar-refractivity contribution is 6.06. The van der Waals surface area contributed by atoms with Crippen molar-refractivity contribution in [2.24, 2.45) is 0 Å². The number of ketones is 1. The Bertz CT molecular complexity index is 725. The summed E-state index contributed by atoms with van der Waals surface area (Å²) in [6.45, 7) is 8.09. The first-order chi connectivity index (χ1) is 11.0. The molecule has 0 saturated carbocycles. The van der Waals surface area contributed by atoms with Gasteiger partial charge in [0.1, 0.15) is 5.75 Å². The van der Waals surface area contributed by atoms with Crippen molar-refractivity contribution in [3.8, 4) is 5.75 Å². The minimum atomic E-state index is -0.141. The molecule has 2 rings (SSSR count). The maximum Gasteiger partial charge on any atom is 0.185 e. The minimum absolute atomic E-state index is 0.0268. The Morgan fingerprint density at radius 2 is 1.83 bits per heavy atom. The zero-order chi connectivity index (χ0) is 16.9. The lowest BCUT2D eigenvalue weighted by Gasteiger charge is -2.21. The molecule has 0 atom stereocenters. The second kappa shape index (κ2) is 7.10. The Morgan fingerprint density at radius 3 is 2.43 bits per heavy atom. The van der Waals surface area contributed by atoms with E-state index >= 15 is 0 Å². The van der Waals surface area contributed by atoms with Crippen LogP contribution in [0.15, 0.2) is 67.3 Å². The SMILES string of the molecule is C=CC(C)(C)c1ccc(OC)c(/C=C/C(=O)c2ccccc2)c1. The van der Waals surface area contributed by atoms with Crippen LogP contribution in [-0.2, 0) is 5.41 Å². The fraction of sp³-hybridized carbons (Fsp3) is 0.190. The number of benzene rings is 2. The number of ether oxygens (including phenoxy) is 1. The summed E-state index contributed by atoms with van der Waals surface area (Å²) in [4.78, 5) is 12.2. The lowest BCUT2D eigenvalue weighted by atomic mass is 9.84. The topological polar surface area (TPSA) is 26.3 Å². The normalized spacial score (nSPS) is 11.4. The van der Waals surface area contributed by atoms with E-state index in [9.17, 15) is 4.79 Å². The molecule has 0 bridgehead atoms. The van der Waals surface area contributed by atoms with Gasteiger partial charge in [0.05, 0.1) is 7.11 Å². The molecule has 0 aliphatic rings. The van der Waals surface area contributed by atoms with Crippen LogP contribution in [0.4, 0.5) is 0 Å². The van der Waals surface area contributed by atoms with Crippen LogP contribution in [0.1, 0.15) is 35.3 Å². The van der Waals surface area contributed by atoms with Crippen molar-refractivity contribution in [3.63, 3.8) is 0 Å². The number of allylic oxidation sites excluding steroid dienone is 2. The highest BCUT2D eigenvalue weighted by atomic mass is 16.5. The Balaban J connectivity index is 2.34. The van der Waals surface area contributed by atoms with Gasteiger partial charge in [0.15, 0.2) is 5.78 Å². The summed E-state index contributed by atoms with van der Waals surface area (Å²) >= 11 is 0. The van der Waals surface area contributed by atoms with Crippen LogP contribution in [0.5, 0.6) is 5.75 Å². The second-order valence-corrected chi connectivity index (χ2v) is 5.95. The van der Waals surface area contributed by atoms with Crippen LogP contribution in [0.2, 0.25) is 0 Å². The third-order valence-electron chi connectivity index (χ3n) is 3.96. The van der Waals surface area contributed by atoms with Gasteiger partial charge < -0.3 is 4.74 Å². The number of carbonyl (C=O) groups excluding carboxylic acids is 1. The van der Waals surface area contributed by atoms with Crippen LogP contribution >= 0.6 is 0 Å². The van der Waals surface area contributed by atoms with Crippen LogP contribution in [0.3, 0.4) is 0 Å². The van der Waals surface area contributed by atoms with Gasteiger partial charge in [-0.2, -0.15) is 0 Å². The smallest absolute Gasteiger partial charge is 0.185 e. The van der Waals surface area contributed by atoms with Gasteiger partial charge in [-0.3, -0.25) is 4.79 Å². The van der Waals surface area contributed by atoms with E-state index in [1.165, 1.54) is 0 Å². The number of carbonyl (C=O) groups is 1. The van der Waals surface area contributed by atoms with Crippen molar-refractivity contribution in [1.82, 2.24) is 0 Å². The third kappa shape index (κ3) is 3.98. The van der Waals surface area contributed by atoms with Gasteiger partial charge in [-0.1, -0.05) is 56.3 Å². The lowest BCUT2D eigenvalue weighted by molar-refractivity contribution is 0.104. The third-order valence-corrected chi connectivity index (χ3v) is 3.96. The van der Waals surface area contributed by atoms with E-state index in [4.69, 9.17) is 4.74 Å². The maximum absolute atomic E-state index is 12.2. The molecule has 2 heteroatoms. The molecule has 0 saturated heterocycles. The zero-order valence-corrected chi connectivity index (χ0v) is 13.9. The van der Waals surface area contributed by atoms with Crippen LogP contribution in [0, 0.1) is 0 Å². The first-order valence-electron chi connectivity index (χ1n) is 7.57. The fourth-order valence-corrected chi connectivity index (χ4v) is 2.25. The predicted molar refractivity (Wildman–Crippen MR) is 96.0 cm³/mol. The molecule has 0 amide bonds. The molecule has 2 aromatic rings. The number of methoxy groups -OCH3 is 1. The average Bonchev–Trinajstić information content (AvgIpc) is 2.60. The first kappa shape index (κ1) is 16.8. The molecule has 118 valence electrons. The van der Waals surface area contributed by atoms with E-state index in [2.05, 4.69) is 20.4 Å². The van der Waals surface area contributed by atoms with Gasteiger partial charge in [-0.15, -0.1) is 6.58 Å². The van der Waals surface area contributed by atoms with E-state index in [1.807, 2.05) is 42.5 Å². The van der Waals surface area contributed by atoms with Crippen LogP contribution in [0.25, 0.3) is 6.08 Å². The molecule has 0 fully saturated rings. The number of hydrogen-bond acceptors (Lipinski definition) is 2. The summed E-state index contributed by atoms with van der Waals surface area (Å²) < 4.78 is 5.40. The van der Waals surface area contributed by atoms with Crippen LogP contribution in [-0.4, -0.2) is 12.9 Å². The molecule has 0 N–H and O–H groups in total. The maximum atomic E-state index is 12.2. The van der Waals surface area contributed by atoms with E-state index < -0.39 is 0 Å². The fourth-order valence-electron chi connectivity index (χ4n) is 2.25. The number of rotatable bonds is 6. The van der Waals surface area contributed by atoms with Crippen molar-refractivity contribution < 1.29 is 9.53 Å². The molecular weight excluding hydrogens is 284 g/mol. The Hall–Kier alpha value is -2.61. The summed E-state index contributed by atoms with van der Waals surface area (Å²) in [5, 5.41) is 0. The molecule has 23 heavy (non-hydrogen) atoms. The quantitative estimate of drug-likeness (QED) is 0.424. The highest BCUT2D eigenvalue weighted by Crippen LogP contribution is 2.29. The van der Waals surface area contributed by atoms with Gasteiger partial charge in [0.25, 0.3) is 0 Å². The molecule has 0 aromatic heterocycles. The summed E-state index contributed by atoms with van der Waals surface area (Å²) in [6, 6.07) is 15.2. The predicted octanol–water partition coefficient (Wildman–Crippen LogP) is 5.05. The summed E-state index contributed by atoms with van der Waals surface area (Å²) in [6.07, 6.45) is 5.30. The van der Waals surface area contributed by atoms with Gasteiger partial charge in [-0.05, 0) is 29.8 Å². The van der Waals surface area contributed by atoms with E-state index in [-0.39, 0.29) is 11.2 Å². The molecule has 0 aliphatic carbocycles. The zero-order valence-electron chi connectivity index (χ0n) is 13.9. The molecule has 0 spiro atoms. The molecular formula is C21H22O2. The van der Waals surface area contributed by atoms with Crippen molar-refractivity contribution >= 4 is 11.9 Å². The standard InChI is InChI=1S/C21H22O2/c1-5-21(2,3)18-12-14-20(23-4)17(15-18)11-13-19(22)16-9-7-6-8-10-16/h5-15H,1H2,2-4H3/b13-11+. The molecule has 0 radical (unpaired) electrons. The Labute approximate surface area is 138 Å². The minimum Gasteiger partial charge on any atom is -0.496 e. The van der Waals surface area contributed by atoms with Gasteiger partial charge in [0, 0.05) is 16.5 Å². The average molecular weight is 306 g/mol. The van der Waals surface area contributed by atoms with Crippen molar-refractivity contribution in [2.75, 3.05) is 7.11 Å². The van der Waals surface area contributed by atoms with E-state index in [1.54, 1.807) is 31.4 Å². The summed E-state index contributed by atoms with van der Waals surface area (Å²) in [7, 11) is 1.63. The molecule has 2 aromatic carbocycles. The van der Waals surface area contributed by atoms with E-state index in [0.29, 0.717) is 5.56 Å². The first-order valence-corrected chi connectivity index (χ1v) is 7.57. The summed E-state index contributed by atoms with van der Waals surface area (Å²) in [5.41, 5.74) is 2.53. The van der Waals surface area contributed by atoms with Crippen molar-refractivity contribution in [2.45, 2.75) is 19.3 Å². The molecule has 0 unspecified atom stereocenters. The van der Waals surface area contributed by atoms with Gasteiger partial charge in [0.2, 0.25) is 0 Å². The van der Waals surface area contributed by atoms with Crippen molar-refractivity contribution in [3.05, 3.63) is 84.0 Å². The molecule has 0 heterocycles. The van der Waals surface area contributed by atoms with Crippen molar-refractivity contribution in [1.29, 1.82) is 0 Å². The van der Waals surface area contributed by atoms with Gasteiger partial charge in [-0.25, -0.2) is 0 Å². The molecule has 2 nitrogen and oxygen atoms in total. The van der Waals surface area contributed by atoms with E-state index in [0.717, 1.165) is 16.9 Å².